The van der Waals surface area contributed by atoms with Crippen molar-refractivity contribution in [1.82, 2.24) is 4.90 Å². The fourth-order valence-corrected chi connectivity index (χ4v) is 2.48. The lowest BCUT2D eigenvalue weighted by Gasteiger charge is -2.30. The molecule has 5 heteroatoms. The third-order valence-electron chi connectivity index (χ3n) is 3.09. The minimum absolute atomic E-state index is 0.00308. The first kappa shape index (κ1) is 14.7. The number of amides is 1. The molecule has 0 saturated carbocycles. The van der Waals surface area contributed by atoms with E-state index in [4.69, 9.17) is 34.8 Å². The van der Waals surface area contributed by atoms with Gasteiger partial charge in [0.05, 0.1) is 6.04 Å². The van der Waals surface area contributed by atoms with Gasteiger partial charge in [0, 0.05) is 6.54 Å². The molecule has 0 aliphatic heterocycles. The van der Waals surface area contributed by atoms with E-state index in [9.17, 15) is 4.79 Å². The SMILES string of the molecule is O=C(N(Cc1ccccc1)C1C=CCC1)C(Cl)(Cl)Cl. The molecule has 102 valence electrons. The predicted molar refractivity (Wildman–Crippen MR) is 79.4 cm³/mol. The maximum atomic E-state index is 12.3. The second-order valence-corrected chi connectivity index (χ2v) is 6.77. The van der Waals surface area contributed by atoms with E-state index >= 15 is 0 Å². The molecule has 1 aliphatic rings. The molecule has 1 aliphatic carbocycles. The zero-order chi connectivity index (χ0) is 13.9. The van der Waals surface area contributed by atoms with Gasteiger partial charge in [-0.3, -0.25) is 4.79 Å². The van der Waals surface area contributed by atoms with Crippen LogP contribution in [-0.4, -0.2) is 20.6 Å². The Hall–Kier alpha value is -0.700. The average molecular weight is 319 g/mol. The number of hydrogen-bond acceptors (Lipinski definition) is 1. The number of alkyl halides is 3. The van der Waals surface area contributed by atoms with Crippen LogP contribution in [0.2, 0.25) is 0 Å². The van der Waals surface area contributed by atoms with Gasteiger partial charge in [0.1, 0.15) is 0 Å². The van der Waals surface area contributed by atoms with Crippen molar-refractivity contribution in [3.63, 3.8) is 0 Å². The highest BCUT2D eigenvalue weighted by molar-refractivity contribution is 6.76. The smallest absolute Gasteiger partial charge is 0.275 e. The number of rotatable bonds is 3. The fraction of sp³-hybridized carbons (Fsp3) is 0.357. The van der Waals surface area contributed by atoms with Gasteiger partial charge >= 0.3 is 0 Å². The quantitative estimate of drug-likeness (QED) is 0.607. The molecule has 1 aromatic rings. The van der Waals surface area contributed by atoms with E-state index in [0.717, 1.165) is 18.4 Å². The summed E-state index contributed by atoms with van der Waals surface area (Å²) >= 11 is 17.2. The Bertz CT molecular complexity index is 467. The lowest BCUT2D eigenvalue weighted by molar-refractivity contribution is -0.132. The van der Waals surface area contributed by atoms with Crippen molar-refractivity contribution in [2.45, 2.75) is 29.2 Å². The van der Waals surface area contributed by atoms with Crippen molar-refractivity contribution >= 4 is 40.7 Å². The molecule has 1 atom stereocenters. The molecule has 2 rings (SSSR count). The summed E-state index contributed by atoms with van der Waals surface area (Å²) in [5, 5.41) is 0. The number of halogens is 3. The van der Waals surface area contributed by atoms with Gasteiger partial charge in [0.15, 0.2) is 0 Å². The Labute approximate surface area is 127 Å². The molecule has 0 fully saturated rings. The van der Waals surface area contributed by atoms with Crippen molar-refractivity contribution < 1.29 is 4.79 Å². The van der Waals surface area contributed by atoms with Gasteiger partial charge in [-0.2, -0.15) is 0 Å². The van der Waals surface area contributed by atoms with E-state index in [2.05, 4.69) is 0 Å². The third kappa shape index (κ3) is 3.88. The van der Waals surface area contributed by atoms with Crippen LogP contribution in [0.4, 0.5) is 0 Å². The number of carbonyl (C=O) groups is 1. The lowest BCUT2D eigenvalue weighted by atomic mass is 10.1. The molecule has 1 aromatic carbocycles. The summed E-state index contributed by atoms with van der Waals surface area (Å²) in [6.45, 7) is 0.447. The Morgan fingerprint density at radius 3 is 2.47 bits per heavy atom. The van der Waals surface area contributed by atoms with Gasteiger partial charge in [-0.25, -0.2) is 0 Å². The van der Waals surface area contributed by atoms with Crippen molar-refractivity contribution in [2.75, 3.05) is 0 Å². The minimum atomic E-state index is -1.91. The van der Waals surface area contributed by atoms with Crippen LogP contribution in [0, 0.1) is 0 Å². The molecule has 0 aromatic heterocycles. The third-order valence-corrected chi connectivity index (χ3v) is 3.57. The fourth-order valence-electron chi connectivity index (χ4n) is 2.16. The minimum Gasteiger partial charge on any atom is -0.328 e. The van der Waals surface area contributed by atoms with Crippen molar-refractivity contribution in [2.24, 2.45) is 0 Å². The van der Waals surface area contributed by atoms with Gasteiger partial charge in [-0.1, -0.05) is 77.3 Å². The average Bonchev–Trinajstić information content (AvgIpc) is 2.89. The highest BCUT2D eigenvalue weighted by atomic mass is 35.6. The highest BCUT2D eigenvalue weighted by Crippen LogP contribution is 2.32. The standard InChI is InChI=1S/C14H14Cl3NO/c15-14(16,17)13(19)18(12-8-4-5-9-12)10-11-6-2-1-3-7-11/h1-4,6-8,12H,5,9-10H2. The summed E-state index contributed by atoms with van der Waals surface area (Å²) in [6, 6.07) is 9.70. The Kier molecular flexibility index (Phi) is 4.77. The largest absolute Gasteiger partial charge is 0.328 e. The van der Waals surface area contributed by atoms with E-state index in [1.807, 2.05) is 42.5 Å². The zero-order valence-corrected chi connectivity index (χ0v) is 12.5. The van der Waals surface area contributed by atoms with Crippen molar-refractivity contribution in [3.05, 3.63) is 48.0 Å². The maximum absolute atomic E-state index is 12.3. The Balaban J connectivity index is 2.19. The van der Waals surface area contributed by atoms with Crippen LogP contribution in [0.3, 0.4) is 0 Å². The zero-order valence-electron chi connectivity index (χ0n) is 10.2. The van der Waals surface area contributed by atoms with E-state index in [-0.39, 0.29) is 6.04 Å². The summed E-state index contributed by atoms with van der Waals surface area (Å²) in [5.41, 5.74) is 1.02. The molecule has 0 spiro atoms. The summed E-state index contributed by atoms with van der Waals surface area (Å²) in [5.74, 6) is -0.474. The van der Waals surface area contributed by atoms with Crippen LogP contribution >= 0.6 is 34.8 Å². The van der Waals surface area contributed by atoms with Crippen molar-refractivity contribution in [1.29, 1.82) is 0 Å². The number of carbonyl (C=O) groups excluding carboxylic acids is 1. The molecule has 1 amide bonds. The van der Waals surface area contributed by atoms with Crippen LogP contribution in [-0.2, 0) is 11.3 Å². The van der Waals surface area contributed by atoms with Crippen molar-refractivity contribution in [3.8, 4) is 0 Å². The number of hydrogen-bond donors (Lipinski definition) is 0. The molecule has 2 nitrogen and oxygen atoms in total. The summed E-state index contributed by atoms with van der Waals surface area (Å²) in [4.78, 5) is 13.9. The molecule has 0 radical (unpaired) electrons. The Morgan fingerprint density at radius 1 is 1.26 bits per heavy atom. The topological polar surface area (TPSA) is 20.3 Å². The van der Waals surface area contributed by atoms with E-state index in [0.29, 0.717) is 6.54 Å². The summed E-state index contributed by atoms with van der Waals surface area (Å²) in [7, 11) is 0. The van der Waals surface area contributed by atoms with Crippen LogP contribution in [0.15, 0.2) is 42.5 Å². The molecule has 19 heavy (non-hydrogen) atoms. The Morgan fingerprint density at radius 2 is 1.95 bits per heavy atom. The monoisotopic (exact) mass is 317 g/mol. The maximum Gasteiger partial charge on any atom is 0.275 e. The first-order chi connectivity index (χ1) is 8.98. The predicted octanol–water partition coefficient (Wildman–Crippen LogP) is 4.10. The molecule has 0 heterocycles. The van der Waals surface area contributed by atoms with Crippen LogP contribution < -0.4 is 0 Å². The molecule has 0 N–H and O–H groups in total. The number of nitrogens with zero attached hydrogens (tertiary/aromatic N) is 1. The van der Waals surface area contributed by atoms with E-state index in [1.54, 1.807) is 4.90 Å². The lowest BCUT2D eigenvalue weighted by Crippen LogP contribution is -2.44. The van der Waals surface area contributed by atoms with Crippen LogP contribution in [0.5, 0.6) is 0 Å². The van der Waals surface area contributed by atoms with Gasteiger partial charge in [-0.05, 0) is 18.4 Å². The molecule has 0 bridgehead atoms. The first-order valence-electron chi connectivity index (χ1n) is 6.07. The molecule has 0 saturated heterocycles. The molecular formula is C14H14Cl3NO. The summed E-state index contributed by atoms with van der Waals surface area (Å²) < 4.78 is -1.91. The highest BCUT2D eigenvalue weighted by Gasteiger charge is 2.38. The van der Waals surface area contributed by atoms with E-state index < -0.39 is 9.70 Å². The van der Waals surface area contributed by atoms with Crippen LogP contribution in [0.25, 0.3) is 0 Å². The first-order valence-corrected chi connectivity index (χ1v) is 7.20. The van der Waals surface area contributed by atoms with Gasteiger partial charge < -0.3 is 4.90 Å². The molecule has 1 unspecified atom stereocenters. The normalized spacial score (nSPS) is 18.6. The number of allylic oxidation sites excluding steroid dienone is 1. The summed E-state index contributed by atoms with van der Waals surface area (Å²) in [6.07, 6.45) is 5.87. The van der Waals surface area contributed by atoms with Crippen LogP contribution in [0.1, 0.15) is 18.4 Å². The second kappa shape index (κ2) is 6.17. The van der Waals surface area contributed by atoms with Gasteiger partial charge in [-0.15, -0.1) is 0 Å². The second-order valence-electron chi connectivity index (χ2n) is 4.49. The number of benzene rings is 1. The van der Waals surface area contributed by atoms with Gasteiger partial charge in [0.2, 0.25) is 0 Å². The van der Waals surface area contributed by atoms with E-state index in [1.165, 1.54) is 0 Å². The molecular weight excluding hydrogens is 305 g/mol. The van der Waals surface area contributed by atoms with Gasteiger partial charge in [0.25, 0.3) is 9.70 Å².